The Bertz CT molecular complexity index is 273. The monoisotopic (exact) mass is 196 g/mol. The predicted molar refractivity (Wildman–Crippen MR) is 55.3 cm³/mol. The number of hydrogen-bond acceptors (Lipinski definition) is 3. The maximum Gasteiger partial charge on any atom is 0.217 e. The van der Waals surface area contributed by atoms with Crippen LogP contribution in [0, 0.1) is 5.92 Å². The number of nitrogens with zero attached hydrogens (tertiary/aromatic N) is 1. The van der Waals surface area contributed by atoms with Gasteiger partial charge in [0.2, 0.25) is 5.91 Å². The Morgan fingerprint density at radius 3 is 2.93 bits per heavy atom. The number of aliphatic hydroxyl groups excluding tert-OH is 1. The fourth-order valence-corrected chi connectivity index (χ4v) is 1.55. The quantitative estimate of drug-likeness (QED) is 0.674. The van der Waals surface area contributed by atoms with E-state index in [-0.39, 0.29) is 18.4 Å². The molecular weight excluding hydrogens is 180 g/mol. The Balaban J connectivity index is 2.73. The molecule has 1 amide bonds. The minimum Gasteiger partial charge on any atom is -0.394 e. The van der Waals surface area contributed by atoms with Crippen molar-refractivity contribution in [1.29, 1.82) is 0 Å². The van der Waals surface area contributed by atoms with E-state index in [9.17, 15) is 9.90 Å². The SMILES string of the molecule is CC(=O)N[C@](C)(CO)C1C=CC=NC1. The molecule has 4 nitrogen and oxygen atoms in total. The van der Waals surface area contributed by atoms with Crippen LogP contribution in [0.2, 0.25) is 0 Å². The summed E-state index contributed by atoms with van der Waals surface area (Å²) in [5.41, 5.74) is -0.611. The van der Waals surface area contributed by atoms with E-state index in [4.69, 9.17) is 0 Å². The number of aliphatic imine (C=N–C) groups is 1. The highest BCUT2D eigenvalue weighted by molar-refractivity contribution is 5.74. The van der Waals surface area contributed by atoms with Crippen LogP contribution < -0.4 is 5.32 Å². The molecule has 2 atom stereocenters. The maximum atomic E-state index is 11.0. The van der Waals surface area contributed by atoms with Crippen LogP contribution in [-0.4, -0.2) is 35.9 Å². The summed E-state index contributed by atoms with van der Waals surface area (Å²) in [6.07, 6.45) is 5.52. The van der Waals surface area contributed by atoms with Gasteiger partial charge in [0, 0.05) is 25.6 Å². The average Bonchev–Trinajstić information content (AvgIpc) is 2.18. The molecule has 0 aliphatic carbocycles. The summed E-state index contributed by atoms with van der Waals surface area (Å²) < 4.78 is 0. The molecule has 0 bridgehead atoms. The molecule has 2 N–H and O–H groups in total. The van der Waals surface area contributed by atoms with Gasteiger partial charge in [-0.2, -0.15) is 0 Å². The van der Waals surface area contributed by atoms with Gasteiger partial charge in [-0.15, -0.1) is 0 Å². The number of nitrogens with one attached hydrogen (secondary N) is 1. The van der Waals surface area contributed by atoms with Gasteiger partial charge in [-0.05, 0) is 13.0 Å². The van der Waals surface area contributed by atoms with Gasteiger partial charge in [0.15, 0.2) is 0 Å². The number of dihydropyridines is 1. The average molecular weight is 196 g/mol. The van der Waals surface area contributed by atoms with Crippen molar-refractivity contribution in [2.75, 3.05) is 13.2 Å². The molecule has 0 fully saturated rings. The molecule has 1 aliphatic rings. The minimum atomic E-state index is -0.611. The molecule has 1 unspecified atom stereocenters. The van der Waals surface area contributed by atoms with Crippen LogP contribution in [0.15, 0.2) is 17.1 Å². The molecule has 4 heteroatoms. The Labute approximate surface area is 83.7 Å². The molecule has 14 heavy (non-hydrogen) atoms. The number of allylic oxidation sites excluding steroid dienone is 1. The van der Waals surface area contributed by atoms with Crippen molar-refractivity contribution in [3.8, 4) is 0 Å². The summed E-state index contributed by atoms with van der Waals surface area (Å²) in [5, 5.41) is 12.0. The lowest BCUT2D eigenvalue weighted by molar-refractivity contribution is -0.121. The smallest absolute Gasteiger partial charge is 0.217 e. The summed E-state index contributed by atoms with van der Waals surface area (Å²) >= 11 is 0. The highest BCUT2D eigenvalue weighted by atomic mass is 16.3. The van der Waals surface area contributed by atoms with Crippen LogP contribution in [0.4, 0.5) is 0 Å². The molecule has 1 aliphatic heterocycles. The molecule has 0 radical (unpaired) electrons. The molecule has 78 valence electrons. The third kappa shape index (κ3) is 2.42. The van der Waals surface area contributed by atoms with Crippen LogP contribution >= 0.6 is 0 Å². The zero-order valence-corrected chi connectivity index (χ0v) is 8.53. The Morgan fingerprint density at radius 2 is 2.50 bits per heavy atom. The highest BCUT2D eigenvalue weighted by Gasteiger charge is 2.33. The lowest BCUT2D eigenvalue weighted by atomic mass is 9.85. The minimum absolute atomic E-state index is 0.0569. The van der Waals surface area contributed by atoms with E-state index in [2.05, 4.69) is 10.3 Å². The summed E-state index contributed by atoms with van der Waals surface area (Å²) in [5.74, 6) is -0.0779. The van der Waals surface area contributed by atoms with E-state index < -0.39 is 5.54 Å². The third-order valence-corrected chi connectivity index (χ3v) is 2.45. The summed E-state index contributed by atoms with van der Waals surface area (Å²) in [7, 11) is 0. The summed E-state index contributed by atoms with van der Waals surface area (Å²) in [6.45, 7) is 3.79. The zero-order valence-electron chi connectivity index (χ0n) is 8.53. The van der Waals surface area contributed by atoms with Crippen molar-refractivity contribution in [3.63, 3.8) is 0 Å². The molecule has 0 saturated carbocycles. The van der Waals surface area contributed by atoms with Gasteiger partial charge < -0.3 is 10.4 Å². The van der Waals surface area contributed by atoms with E-state index in [0.29, 0.717) is 6.54 Å². The van der Waals surface area contributed by atoms with Gasteiger partial charge in [-0.25, -0.2) is 0 Å². The number of amides is 1. The van der Waals surface area contributed by atoms with Crippen molar-refractivity contribution in [2.24, 2.45) is 10.9 Å². The molecular formula is C10H16N2O2. The van der Waals surface area contributed by atoms with Gasteiger partial charge >= 0.3 is 0 Å². The topological polar surface area (TPSA) is 61.7 Å². The van der Waals surface area contributed by atoms with Crippen molar-refractivity contribution < 1.29 is 9.90 Å². The van der Waals surface area contributed by atoms with E-state index in [1.54, 1.807) is 6.21 Å². The summed E-state index contributed by atoms with van der Waals surface area (Å²) in [6, 6.07) is 0. The Morgan fingerprint density at radius 1 is 1.79 bits per heavy atom. The van der Waals surface area contributed by atoms with E-state index in [1.165, 1.54) is 6.92 Å². The lowest BCUT2D eigenvalue weighted by Gasteiger charge is -2.35. The third-order valence-electron chi connectivity index (χ3n) is 2.45. The van der Waals surface area contributed by atoms with Gasteiger partial charge in [0.05, 0.1) is 12.1 Å². The van der Waals surface area contributed by atoms with E-state index in [1.807, 2.05) is 19.1 Å². The second-order valence-corrected chi connectivity index (χ2v) is 3.76. The summed E-state index contributed by atoms with van der Waals surface area (Å²) in [4.78, 5) is 15.1. The number of aliphatic hydroxyl groups is 1. The largest absolute Gasteiger partial charge is 0.394 e. The highest BCUT2D eigenvalue weighted by Crippen LogP contribution is 2.20. The normalized spacial score (nSPS) is 24.4. The van der Waals surface area contributed by atoms with Crippen LogP contribution in [0.5, 0.6) is 0 Å². The number of carbonyl (C=O) groups is 1. The molecule has 1 heterocycles. The van der Waals surface area contributed by atoms with Crippen LogP contribution in [0.3, 0.4) is 0 Å². The van der Waals surface area contributed by atoms with Crippen molar-refractivity contribution >= 4 is 12.1 Å². The van der Waals surface area contributed by atoms with E-state index in [0.717, 1.165) is 0 Å². The molecule has 0 aromatic heterocycles. The van der Waals surface area contributed by atoms with E-state index >= 15 is 0 Å². The predicted octanol–water partition coefficient (Wildman–Crippen LogP) is 0.130. The fraction of sp³-hybridized carbons (Fsp3) is 0.600. The first-order valence-electron chi connectivity index (χ1n) is 4.65. The number of hydrogen-bond donors (Lipinski definition) is 2. The first kappa shape index (κ1) is 10.9. The Kier molecular flexibility index (Phi) is 3.41. The molecule has 0 aromatic rings. The first-order valence-corrected chi connectivity index (χ1v) is 4.65. The van der Waals surface area contributed by atoms with Crippen molar-refractivity contribution in [1.82, 2.24) is 5.32 Å². The van der Waals surface area contributed by atoms with Gasteiger partial charge in [-0.1, -0.05) is 6.08 Å². The standard InChI is InChI=1S/C10H16N2O2/c1-8(14)12-10(2,7-13)9-4-3-5-11-6-9/h3-5,9,13H,6-7H2,1-2H3,(H,12,14)/t9?,10-/m1/s1. The number of carbonyl (C=O) groups excluding carboxylic acids is 1. The molecule has 0 spiro atoms. The van der Waals surface area contributed by atoms with Crippen LogP contribution in [-0.2, 0) is 4.79 Å². The van der Waals surface area contributed by atoms with Gasteiger partial charge in [-0.3, -0.25) is 9.79 Å². The first-order chi connectivity index (χ1) is 6.58. The maximum absolute atomic E-state index is 11.0. The van der Waals surface area contributed by atoms with Crippen LogP contribution in [0.25, 0.3) is 0 Å². The number of rotatable bonds is 3. The molecule has 1 rings (SSSR count). The van der Waals surface area contributed by atoms with Crippen molar-refractivity contribution in [3.05, 3.63) is 12.2 Å². The molecule has 0 aromatic carbocycles. The lowest BCUT2D eigenvalue weighted by Crippen LogP contribution is -2.54. The van der Waals surface area contributed by atoms with Crippen LogP contribution in [0.1, 0.15) is 13.8 Å². The fourth-order valence-electron chi connectivity index (χ4n) is 1.55. The second-order valence-electron chi connectivity index (χ2n) is 3.76. The van der Waals surface area contributed by atoms with Crippen molar-refractivity contribution in [2.45, 2.75) is 19.4 Å². The van der Waals surface area contributed by atoms with Gasteiger partial charge in [0.1, 0.15) is 0 Å². The molecule has 0 saturated heterocycles. The second kappa shape index (κ2) is 4.37. The zero-order chi connectivity index (χ0) is 10.6. The Hall–Kier alpha value is -1.16. The van der Waals surface area contributed by atoms with Gasteiger partial charge in [0.25, 0.3) is 0 Å².